The van der Waals surface area contributed by atoms with Crippen molar-refractivity contribution in [3.63, 3.8) is 0 Å². The van der Waals surface area contributed by atoms with E-state index in [1.165, 1.54) is 0 Å². The lowest BCUT2D eigenvalue weighted by molar-refractivity contribution is 0.242. The zero-order valence-electron chi connectivity index (χ0n) is 22.1. The van der Waals surface area contributed by atoms with Gasteiger partial charge in [-0.05, 0) is 36.2 Å². The Bertz CT molecular complexity index is 1580. The molecular formula is C32H30O8. The number of hydrogen-bond donors (Lipinski definition) is 4. The van der Waals surface area contributed by atoms with Crippen molar-refractivity contribution >= 4 is 0 Å². The fourth-order valence-corrected chi connectivity index (χ4v) is 5.93. The molecule has 0 saturated heterocycles. The summed E-state index contributed by atoms with van der Waals surface area (Å²) in [5.41, 5.74) is 3.95. The molecule has 4 aromatic rings. The topological polar surface area (TPSA) is 118 Å². The smallest absolute Gasteiger partial charge is 0.126 e. The van der Waals surface area contributed by atoms with E-state index in [0.29, 0.717) is 47.2 Å². The van der Waals surface area contributed by atoms with Crippen molar-refractivity contribution in [2.45, 2.75) is 24.2 Å². The molecule has 4 aromatic carbocycles. The van der Waals surface area contributed by atoms with E-state index in [1.807, 2.05) is 24.3 Å². The monoisotopic (exact) mass is 542 g/mol. The van der Waals surface area contributed by atoms with E-state index in [4.69, 9.17) is 18.9 Å². The second-order valence-electron chi connectivity index (χ2n) is 10.2. The van der Waals surface area contributed by atoms with Crippen LogP contribution in [0.4, 0.5) is 0 Å². The SMILES string of the molecule is COc1ccc([C@@H]2COc3cc(O)ccc3[C@H]2c2cc([C@@H]3COc4cc(O)ccc4C3)c(O)cc2OC)c(O)c1. The maximum absolute atomic E-state index is 11.1. The van der Waals surface area contributed by atoms with Gasteiger partial charge in [-0.3, -0.25) is 0 Å². The van der Waals surface area contributed by atoms with Crippen LogP contribution in [0.2, 0.25) is 0 Å². The van der Waals surface area contributed by atoms with Crippen LogP contribution in [-0.2, 0) is 6.42 Å². The number of phenols is 4. The van der Waals surface area contributed by atoms with E-state index in [9.17, 15) is 20.4 Å². The van der Waals surface area contributed by atoms with Crippen LogP contribution in [0.1, 0.15) is 45.6 Å². The van der Waals surface area contributed by atoms with Crippen molar-refractivity contribution in [1.82, 2.24) is 0 Å². The van der Waals surface area contributed by atoms with Crippen molar-refractivity contribution < 1.29 is 39.4 Å². The van der Waals surface area contributed by atoms with Gasteiger partial charge in [-0.25, -0.2) is 0 Å². The fourth-order valence-electron chi connectivity index (χ4n) is 5.93. The molecule has 0 amide bonds. The molecule has 3 atom stereocenters. The van der Waals surface area contributed by atoms with E-state index in [2.05, 4.69) is 0 Å². The Labute approximate surface area is 231 Å². The van der Waals surface area contributed by atoms with Gasteiger partial charge in [-0.15, -0.1) is 0 Å². The minimum atomic E-state index is -0.341. The van der Waals surface area contributed by atoms with Crippen LogP contribution in [0.5, 0.6) is 46.0 Å². The van der Waals surface area contributed by atoms with Crippen LogP contribution in [0.25, 0.3) is 0 Å². The number of methoxy groups -OCH3 is 2. The predicted molar refractivity (Wildman–Crippen MR) is 148 cm³/mol. The second kappa shape index (κ2) is 10.1. The molecule has 0 fully saturated rings. The van der Waals surface area contributed by atoms with E-state index in [0.717, 1.165) is 16.7 Å². The Morgan fingerprint density at radius 1 is 0.650 bits per heavy atom. The van der Waals surface area contributed by atoms with Gasteiger partial charge in [-0.2, -0.15) is 0 Å². The van der Waals surface area contributed by atoms with E-state index in [-0.39, 0.29) is 47.4 Å². The van der Waals surface area contributed by atoms with Gasteiger partial charge in [0.1, 0.15) is 46.0 Å². The van der Waals surface area contributed by atoms with Gasteiger partial charge in [-0.1, -0.05) is 18.2 Å². The number of aromatic hydroxyl groups is 4. The third-order valence-electron chi connectivity index (χ3n) is 7.90. The molecule has 0 unspecified atom stereocenters. The summed E-state index contributed by atoms with van der Waals surface area (Å²) < 4.78 is 23.1. The van der Waals surface area contributed by atoms with Crippen LogP contribution in [0.3, 0.4) is 0 Å². The Balaban J connectivity index is 1.49. The normalized spacial score (nSPS) is 19.5. The summed E-state index contributed by atoms with van der Waals surface area (Å²) in [5.74, 6) is 1.81. The van der Waals surface area contributed by atoms with Gasteiger partial charge in [0, 0.05) is 64.3 Å². The zero-order valence-corrected chi connectivity index (χ0v) is 22.1. The van der Waals surface area contributed by atoms with Gasteiger partial charge in [0.2, 0.25) is 0 Å². The third kappa shape index (κ3) is 4.45. The Hall–Kier alpha value is -4.72. The molecule has 0 spiro atoms. The number of fused-ring (bicyclic) bond motifs is 2. The minimum absolute atomic E-state index is 0.0821. The van der Waals surface area contributed by atoms with Gasteiger partial charge >= 0.3 is 0 Å². The van der Waals surface area contributed by atoms with Crippen LogP contribution >= 0.6 is 0 Å². The lowest BCUT2D eigenvalue weighted by Crippen LogP contribution is -2.26. The highest BCUT2D eigenvalue weighted by molar-refractivity contribution is 5.58. The average Bonchev–Trinajstić information content (AvgIpc) is 2.96. The summed E-state index contributed by atoms with van der Waals surface area (Å²) in [6.07, 6.45) is 0.621. The van der Waals surface area contributed by atoms with Crippen LogP contribution < -0.4 is 18.9 Å². The lowest BCUT2D eigenvalue weighted by atomic mass is 9.74. The number of rotatable bonds is 5. The van der Waals surface area contributed by atoms with Crippen molar-refractivity contribution in [2.24, 2.45) is 0 Å². The molecule has 8 heteroatoms. The number of ether oxygens (including phenoxy) is 4. The molecule has 0 saturated carbocycles. The molecule has 0 aromatic heterocycles. The Morgan fingerprint density at radius 3 is 2.10 bits per heavy atom. The quantitative estimate of drug-likeness (QED) is 0.259. The van der Waals surface area contributed by atoms with E-state index < -0.39 is 0 Å². The standard InChI is InChI=1S/C32H30O8/c1-37-21-6-8-22(27(35)12-21)26-16-40-31-11-20(34)5-7-23(31)32(26)25-13-24(28(36)14-30(25)38-2)18-9-17-3-4-19(33)10-29(17)39-15-18/h3-8,10-14,18,26,32-36H,9,15-16H2,1-2H3/t18-,26-,32-/m0/s1. The largest absolute Gasteiger partial charge is 0.508 e. The maximum Gasteiger partial charge on any atom is 0.126 e. The van der Waals surface area contributed by atoms with Crippen molar-refractivity contribution in [3.8, 4) is 46.0 Å². The summed E-state index contributed by atoms with van der Waals surface area (Å²) >= 11 is 0. The molecule has 0 aliphatic carbocycles. The van der Waals surface area contributed by atoms with Crippen LogP contribution in [0, 0.1) is 0 Å². The maximum atomic E-state index is 11.1. The number of benzene rings is 4. The molecule has 2 heterocycles. The van der Waals surface area contributed by atoms with Gasteiger partial charge in [0.25, 0.3) is 0 Å². The summed E-state index contributed by atoms with van der Waals surface area (Å²) in [5, 5.41) is 42.1. The van der Waals surface area contributed by atoms with Crippen molar-refractivity contribution in [1.29, 1.82) is 0 Å². The summed E-state index contributed by atoms with van der Waals surface area (Å²) in [6.45, 7) is 0.570. The first-order valence-electron chi connectivity index (χ1n) is 13.0. The first-order valence-corrected chi connectivity index (χ1v) is 13.0. The summed E-state index contributed by atoms with van der Waals surface area (Å²) in [4.78, 5) is 0. The molecule has 2 aliphatic heterocycles. The molecule has 0 radical (unpaired) electrons. The van der Waals surface area contributed by atoms with E-state index >= 15 is 0 Å². The molecule has 6 rings (SSSR count). The predicted octanol–water partition coefficient (Wildman–Crippen LogP) is 5.55. The Kier molecular flexibility index (Phi) is 6.46. The second-order valence-corrected chi connectivity index (χ2v) is 10.2. The highest BCUT2D eigenvalue weighted by atomic mass is 16.5. The van der Waals surface area contributed by atoms with Gasteiger partial charge in [0.05, 0.1) is 27.4 Å². The highest BCUT2D eigenvalue weighted by Gasteiger charge is 2.38. The molecule has 0 bridgehead atoms. The molecule has 8 nitrogen and oxygen atoms in total. The van der Waals surface area contributed by atoms with Crippen molar-refractivity contribution in [2.75, 3.05) is 27.4 Å². The summed E-state index contributed by atoms with van der Waals surface area (Å²) in [6, 6.07) is 18.9. The summed E-state index contributed by atoms with van der Waals surface area (Å²) in [7, 11) is 3.10. The molecule has 4 N–H and O–H groups in total. The van der Waals surface area contributed by atoms with Gasteiger partial charge < -0.3 is 39.4 Å². The fraction of sp³-hybridized carbons (Fsp3) is 0.250. The van der Waals surface area contributed by atoms with Crippen LogP contribution in [-0.4, -0.2) is 47.9 Å². The van der Waals surface area contributed by atoms with Crippen molar-refractivity contribution in [3.05, 3.63) is 94.5 Å². The average molecular weight is 543 g/mol. The third-order valence-corrected chi connectivity index (χ3v) is 7.90. The molecule has 2 aliphatic rings. The van der Waals surface area contributed by atoms with Crippen LogP contribution in [0.15, 0.2) is 66.7 Å². The molecular weight excluding hydrogens is 512 g/mol. The lowest BCUT2D eigenvalue weighted by Gasteiger charge is -2.36. The van der Waals surface area contributed by atoms with Gasteiger partial charge in [0.15, 0.2) is 0 Å². The molecule has 206 valence electrons. The first kappa shape index (κ1) is 25.6. The highest BCUT2D eigenvalue weighted by Crippen LogP contribution is 2.52. The number of phenolic OH excluding ortho intramolecular Hbond substituents is 4. The zero-order chi connectivity index (χ0) is 28.0. The van der Waals surface area contributed by atoms with E-state index in [1.54, 1.807) is 56.7 Å². The minimum Gasteiger partial charge on any atom is -0.508 e. The Morgan fingerprint density at radius 2 is 1.35 bits per heavy atom. The number of hydrogen-bond acceptors (Lipinski definition) is 8. The first-order chi connectivity index (χ1) is 19.4. The molecule has 40 heavy (non-hydrogen) atoms.